The van der Waals surface area contributed by atoms with E-state index in [9.17, 15) is 15.0 Å². The fourth-order valence-corrected chi connectivity index (χ4v) is 1.64. The Hall–Kier alpha value is -1.46. The topological polar surface area (TPSA) is 104 Å². The second kappa shape index (κ2) is 5.05. The summed E-state index contributed by atoms with van der Waals surface area (Å²) in [7, 11) is 0. The van der Waals surface area contributed by atoms with E-state index in [2.05, 4.69) is 0 Å². The van der Waals surface area contributed by atoms with Crippen LogP contribution in [0.3, 0.4) is 0 Å². The molecule has 0 aromatic heterocycles. The lowest BCUT2D eigenvalue weighted by atomic mass is 10.0. The first-order chi connectivity index (χ1) is 7.43. The van der Waals surface area contributed by atoms with Gasteiger partial charge in [0, 0.05) is 23.0 Å². The number of hydrogen-bond donors (Lipinski definition) is 4. The van der Waals surface area contributed by atoms with Gasteiger partial charge in [0.2, 0.25) is 0 Å². The highest BCUT2D eigenvalue weighted by molar-refractivity contribution is 6.31. The highest BCUT2D eigenvalue weighted by Crippen LogP contribution is 2.38. The quantitative estimate of drug-likeness (QED) is 0.604. The number of phenolic OH excluding ortho intramolecular Hbond substituents is 2. The van der Waals surface area contributed by atoms with Gasteiger partial charge in [-0.3, -0.25) is 4.79 Å². The lowest BCUT2D eigenvalue weighted by Crippen LogP contribution is -2.13. The third-order valence-corrected chi connectivity index (χ3v) is 2.51. The fraction of sp³-hybridized carbons (Fsp3) is 0.300. The molecule has 0 aliphatic carbocycles. The molecule has 0 saturated heterocycles. The second-order valence-corrected chi connectivity index (χ2v) is 3.77. The molecule has 0 amide bonds. The Bertz CT molecular complexity index is 408. The molecule has 0 radical (unpaired) electrons. The van der Waals surface area contributed by atoms with E-state index in [1.54, 1.807) is 0 Å². The first-order valence-corrected chi connectivity index (χ1v) is 4.99. The lowest BCUT2D eigenvalue weighted by molar-refractivity contribution is -0.137. The van der Waals surface area contributed by atoms with Crippen molar-refractivity contribution in [1.29, 1.82) is 0 Å². The Morgan fingerprint density at radius 3 is 2.62 bits per heavy atom. The van der Waals surface area contributed by atoms with E-state index in [0.29, 0.717) is 0 Å². The molecule has 1 atom stereocenters. The number of carbonyl (C=O) groups is 1. The summed E-state index contributed by atoms with van der Waals surface area (Å²) in [5, 5.41) is 27.5. The fourth-order valence-electron chi connectivity index (χ4n) is 1.35. The summed E-state index contributed by atoms with van der Waals surface area (Å²) < 4.78 is 0. The van der Waals surface area contributed by atoms with Crippen molar-refractivity contribution in [2.75, 3.05) is 0 Å². The summed E-state index contributed by atoms with van der Waals surface area (Å²) in [4.78, 5) is 10.4. The van der Waals surface area contributed by atoms with E-state index in [1.807, 2.05) is 0 Å². The molecule has 0 saturated carbocycles. The van der Waals surface area contributed by atoms with Gasteiger partial charge < -0.3 is 21.1 Å². The summed E-state index contributed by atoms with van der Waals surface area (Å²) in [5.41, 5.74) is 5.86. The summed E-state index contributed by atoms with van der Waals surface area (Å²) in [6.07, 6.45) is -0.00133. The van der Waals surface area contributed by atoms with E-state index >= 15 is 0 Å². The molecular formula is C10H12ClNO4. The van der Waals surface area contributed by atoms with Crippen molar-refractivity contribution in [2.24, 2.45) is 5.73 Å². The average molecular weight is 246 g/mol. The Labute approximate surface area is 97.1 Å². The molecule has 0 bridgehead atoms. The first-order valence-electron chi connectivity index (χ1n) is 4.61. The number of aliphatic carboxylic acids is 1. The first kappa shape index (κ1) is 12.6. The standard InChI is InChI=1S/C10H12ClNO4/c11-5-1-3-7(13)10(16)9(5)6(12)2-4-8(14)15/h1,3,6,13,16H,2,4,12H2,(H,14,15). The van der Waals surface area contributed by atoms with Gasteiger partial charge in [0.1, 0.15) is 0 Å². The molecule has 0 aliphatic heterocycles. The van der Waals surface area contributed by atoms with Gasteiger partial charge in [0.25, 0.3) is 0 Å². The minimum atomic E-state index is -0.980. The molecule has 1 rings (SSSR count). The number of nitrogens with two attached hydrogens (primary N) is 1. The minimum absolute atomic E-state index is 0.131. The number of phenols is 2. The van der Waals surface area contributed by atoms with E-state index in [0.717, 1.165) is 0 Å². The van der Waals surface area contributed by atoms with E-state index in [1.165, 1.54) is 12.1 Å². The average Bonchev–Trinajstić information content (AvgIpc) is 2.21. The number of aromatic hydroxyl groups is 2. The highest BCUT2D eigenvalue weighted by atomic mass is 35.5. The van der Waals surface area contributed by atoms with Crippen molar-refractivity contribution in [3.05, 3.63) is 22.7 Å². The molecule has 0 heterocycles. The van der Waals surface area contributed by atoms with Crippen LogP contribution in [0.25, 0.3) is 0 Å². The molecule has 1 aromatic rings. The number of rotatable bonds is 4. The molecule has 88 valence electrons. The van der Waals surface area contributed by atoms with Crippen molar-refractivity contribution in [2.45, 2.75) is 18.9 Å². The van der Waals surface area contributed by atoms with E-state index in [-0.39, 0.29) is 29.2 Å². The minimum Gasteiger partial charge on any atom is -0.504 e. The van der Waals surface area contributed by atoms with E-state index < -0.39 is 17.8 Å². The van der Waals surface area contributed by atoms with Crippen LogP contribution in [0, 0.1) is 0 Å². The Morgan fingerprint density at radius 2 is 2.06 bits per heavy atom. The van der Waals surface area contributed by atoms with Crippen molar-refractivity contribution < 1.29 is 20.1 Å². The third-order valence-electron chi connectivity index (χ3n) is 2.18. The van der Waals surface area contributed by atoms with Gasteiger partial charge in [-0.15, -0.1) is 0 Å². The third kappa shape index (κ3) is 2.77. The molecule has 1 aromatic carbocycles. The Morgan fingerprint density at radius 1 is 1.44 bits per heavy atom. The number of hydrogen-bond acceptors (Lipinski definition) is 4. The van der Waals surface area contributed by atoms with Crippen LogP contribution in [-0.2, 0) is 4.79 Å². The SMILES string of the molecule is NC(CCC(=O)O)c1c(Cl)ccc(O)c1O. The van der Waals surface area contributed by atoms with Gasteiger partial charge in [-0.1, -0.05) is 11.6 Å². The van der Waals surface area contributed by atoms with Crippen molar-refractivity contribution >= 4 is 17.6 Å². The summed E-state index contributed by atoms with van der Waals surface area (Å²) in [6.45, 7) is 0. The van der Waals surface area contributed by atoms with Crippen LogP contribution in [0.4, 0.5) is 0 Å². The molecular weight excluding hydrogens is 234 g/mol. The maximum Gasteiger partial charge on any atom is 0.303 e. The molecule has 0 fully saturated rings. The maximum atomic E-state index is 10.4. The molecule has 5 nitrogen and oxygen atoms in total. The monoisotopic (exact) mass is 245 g/mol. The van der Waals surface area contributed by atoms with Crippen LogP contribution in [0.15, 0.2) is 12.1 Å². The number of halogens is 1. The highest BCUT2D eigenvalue weighted by Gasteiger charge is 2.18. The van der Waals surface area contributed by atoms with Gasteiger partial charge in [-0.25, -0.2) is 0 Å². The summed E-state index contributed by atoms with van der Waals surface area (Å²) >= 11 is 5.81. The normalized spacial score (nSPS) is 12.4. The second-order valence-electron chi connectivity index (χ2n) is 3.37. The zero-order chi connectivity index (χ0) is 12.3. The van der Waals surface area contributed by atoms with Gasteiger partial charge in [0.05, 0.1) is 0 Å². The van der Waals surface area contributed by atoms with Gasteiger partial charge in [-0.05, 0) is 18.6 Å². The van der Waals surface area contributed by atoms with Crippen molar-refractivity contribution in [1.82, 2.24) is 0 Å². The van der Waals surface area contributed by atoms with Crippen LogP contribution < -0.4 is 5.73 Å². The van der Waals surface area contributed by atoms with E-state index in [4.69, 9.17) is 22.4 Å². The van der Waals surface area contributed by atoms with Crippen molar-refractivity contribution in [3.8, 4) is 11.5 Å². The predicted octanol–water partition coefficient (Wildman–Crippen LogP) is 1.62. The van der Waals surface area contributed by atoms with Crippen LogP contribution >= 0.6 is 11.6 Å². The lowest BCUT2D eigenvalue weighted by Gasteiger charge is -2.15. The predicted molar refractivity (Wildman–Crippen MR) is 58.6 cm³/mol. The largest absolute Gasteiger partial charge is 0.504 e. The Balaban J connectivity index is 2.94. The number of carboxylic acid groups (broad SMARTS) is 1. The number of carboxylic acids is 1. The smallest absolute Gasteiger partial charge is 0.303 e. The van der Waals surface area contributed by atoms with Crippen LogP contribution in [0.5, 0.6) is 11.5 Å². The molecule has 0 spiro atoms. The van der Waals surface area contributed by atoms with Gasteiger partial charge in [-0.2, -0.15) is 0 Å². The molecule has 16 heavy (non-hydrogen) atoms. The van der Waals surface area contributed by atoms with Crippen molar-refractivity contribution in [3.63, 3.8) is 0 Å². The Kier molecular flexibility index (Phi) is 3.98. The van der Waals surface area contributed by atoms with Crippen LogP contribution in [0.1, 0.15) is 24.4 Å². The zero-order valence-electron chi connectivity index (χ0n) is 8.35. The van der Waals surface area contributed by atoms with Crippen LogP contribution in [0.2, 0.25) is 5.02 Å². The summed E-state index contributed by atoms with van der Waals surface area (Å²) in [5.74, 6) is -1.71. The summed E-state index contributed by atoms with van der Waals surface area (Å²) in [6, 6.07) is 1.91. The molecule has 0 aliphatic rings. The number of benzene rings is 1. The molecule has 6 heteroatoms. The molecule has 1 unspecified atom stereocenters. The maximum absolute atomic E-state index is 10.4. The zero-order valence-corrected chi connectivity index (χ0v) is 9.11. The molecule has 5 N–H and O–H groups in total. The van der Waals surface area contributed by atoms with Crippen LogP contribution in [-0.4, -0.2) is 21.3 Å². The van der Waals surface area contributed by atoms with Gasteiger partial charge in [0.15, 0.2) is 11.5 Å². The van der Waals surface area contributed by atoms with Gasteiger partial charge >= 0.3 is 5.97 Å².